The van der Waals surface area contributed by atoms with Gasteiger partial charge in [0.2, 0.25) is 0 Å². The lowest BCUT2D eigenvalue weighted by atomic mass is 9.99. The van der Waals surface area contributed by atoms with Crippen LogP contribution in [0.5, 0.6) is 0 Å². The standard InChI is InChI=1S/C12H15FN4/c1-8-5-9(13)3-4-10(8)11(14)6-12-15-7-16-17(12)2/h3-5,7,11H,6,14H2,1-2H3. The van der Waals surface area contributed by atoms with Crippen molar-refractivity contribution in [1.29, 1.82) is 0 Å². The summed E-state index contributed by atoms with van der Waals surface area (Å²) < 4.78 is 14.7. The average Bonchev–Trinajstić information content (AvgIpc) is 2.64. The van der Waals surface area contributed by atoms with Crippen LogP contribution in [-0.2, 0) is 13.5 Å². The molecule has 90 valence electrons. The van der Waals surface area contributed by atoms with Gasteiger partial charge in [0.25, 0.3) is 0 Å². The van der Waals surface area contributed by atoms with Crippen molar-refractivity contribution < 1.29 is 4.39 Å². The van der Waals surface area contributed by atoms with Crippen LogP contribution >= 0.6 is 0 Å². The molecule has 2 rings (SSSR count). The molecular weight excluding hydrogens is 219 g/mol. The maximum absolute atomic E-state index is 13.0. The summed E-state index contributed by atoms with van der Waals surface area (Å²) in [5, 5.41) is 3.99. The minimum atomic E-state index is -0.239. The van der Waals surface area contributed by atoms with Gasteiger partial charge in [-0.15, -0.1) is 0 Å². The molecule has 0 fully saturated rings. The molecule has 1 atom stereocenters. The largest absolute Gasteiger partial charge is 0.324 e. The fourth-order valence-corrected chi connectivity index (χ4v) is 1.87. The highest BCUT2D eigenvalue weighted by molar-refractivity contribution is 5.29. The van der Waals surface area contributed by atoms with Gasteiger partial charge >= 0.3 is 0 Å². The molecule has 5 heteroatoms. The lowest BCUT2D eigenvalue weighted by molar-refractivity contribution is 0.612. The van der Waals surface area contributed by atoms with Crippen LogP contribution in [0.4, 0.5) is 4.39 Å². The lowest BCUT2D eigenvalue weighted by Crippen LogP contribution is -2.17. The van der Waals surface area contributed by atoms with Gasteiger partial charge in [-0.05, 0) is 30.2 Å². The normalized spacial score (nSPS) is 12.7. The fourth-order valence-electron chi connectivity index (χ4n) is 1.87. The number of benzene rings is 1. The second-order valence-corrected chi connectivity index (χ2v) is 4.11. The summed E-state index contributed by atoms with van der Waals surface area (Å²) in [5.74, 6) is 0.582. The Morgan fingerprint density at radius 2 is 2.24 bits per heavy atom. The fraction of sp³-hybridized carbons (Fsp3) is 0.333. The first-order chi connectivity index (χ1) is 8.08. The van der Waals surface area contributed by atoms with Crippen molar-refractivity contribution in [3.05, 3.63) is 47.3 Å². The Bertz CT molecular complexity index is 521. The molecule has 0 saturated carbocycles. The number of rotatable bonds is 3. The van der Waals surface area contributed by atoms with Gasteiger partial charge in [0.1, 0.15) is 18.0 Å². The van der Waals surface area contributed by atoms with E-state index >= 15 is 0 Å². The van der Waals surface area contributed by atoms with E-state index in [4.69, 9.17) is 5.73 Å². The molecule has 0 aliphatic rings. The van der Waals surface area contributed by atoms with E-state index in [2.05, 4.69) is 10.1 Å². The summed E-state index contributed by atoms with van der Waals surface area (Å²) in [5.41, 5.74) is 7.90. The van der Waals surface area contributed by atoms with Crippen molar-refractivity contribution in [2.75, 3.05) is 0 Å². The maximum atomic E-state index is 13.0. The maximum Gasteiger partial charge on any atom is 0.138 e. The van der Waals surface area contributed by atoms with Crippen LogP contribution in [0.2, 0.25) is 0 Å². The zero-order chi connectivity index (χ0) is 12.4. The second-order valence-electron chi connectivity index (χ2n) is 4.11. The second kappa shape index (κ2) is 4.63. The molecule has 0 spiro atoms. The first-order valence-electron chi connectivity index (χ1n) is 5.42. The van der Waals surface area contributed by atoms with Gasteiger partial charge in [0.15, 0.2) is 0 Å². The molecule has 1 aromatic heterocycles. The Morgan fingerprint density at radius 1 is 1.47 bits per heavy atom. The number of hydrogen-bond donors (Lipinski definition) is 1. The van der Waals surface area contributed by atoms with Gasteiger partial charge < -0.3 is 5.73 Å². The molecular formula is C12H15FN4. The van der Waals surface area contributed by atoms with Crippen LogP contribution in [0, 0.1) is 12.7 Å². The highest BCUT2D eigenvalue weighted by Crippen LogP contribution is 2.19. The molecule has 2 aromatic rings. The molecule has 0 saturated heterocycles. The predicted molar refractivity (Wildman–Crippen MR) is 62.8 cm³/mol. The summed E-state index contributed by atoms with van der Waals surface area (Å²) >= 11 is 0. The van der Waals surface area contributed by atoms with E-state index in [9.17, 15) is 4.39 Å². The molecule has 0 aliphatic heterocycles. The van der Waals surface area contributed by atoms with Gasteiger partial charge in [-0.3, -0.25) is 4.68 Å². The summed E-state index contributed by atoms with van der Waals surface area (Å²) in [6.45, 7) is 1.86. The quantitative estimate of drug-likeness (QED) is 0.875. The van der Waals surface area contributed by atoms with Gasteiger partial charge in [0.05, 0.1) is 0 Å². The minimum absolute atomic E-state index is 0.196. The number of hydrogen-bond acceptors (Lipinski definition) is 3. The Kier molecular flexibility index (Phi) is 3.19. The van der Waals surface area contributed by atoms with Crippen molar-refractivity contribution in [1.82, 2.24) is 14.8 Å². The smallest absolute Gasteiger partial charge is 0.138 e. The first kappa shape index (κ1) is 11.7. The number of nitrogens with zero attached hydrogens (tertiary/aromatic N) is 3. The van der Waals surface area contributed by atoms with E-state index in [0.717, 1.165) is 17.0 Å². The SMILES string of the molecule is Cc1cc(F)ccc1C(N)Cc1ncnn1C. The Hall–Kier alpha value is -1.75. The third kappa shape index (κ3) is 2.50. The first-order valence-corrected chi connectivity index (χ1v) is 5.42. The van der Waals surface area contributed by atoms with Crippen LogP contribution in [0.3, 0.4) is 0 Å². The number of aromatic nitrogens is 3. The highest BCUT2D eigenvalue weighted by atomic mass is 19.1. The van der Waals surface area contributed by atoms with Gasteiger partial charge in [-0.25, -0.2) is 9.37 Å². The number of halogens is 1. The van der Waals surface area contributed by atoms with Crippen molar-refractivity contribution >= 4 is 0 Å². The predicted octanol–water partition coefficient (Wildman–Crippen LogP) is 1.51. The molecule has 0 radical (unpaired) electrons. The molecule has 0 bridgehead atoms. The third-order valence-electron chi connectivity index (χ3n) is 2.84. The summed E-state index contributed by atoms with van der Waals surface area (Å²) in [7, 11) is 1.83. The van der Waals surface area contributed by atoms with Gasteiger partial charge in [-0.1, -0.05) is 6.07 Å². The van der Waals surface area contributed by atoms with E-state index in [1.807, 2.05) is 14.0 Å². The zero-order valence-electron chi connectivity index (χ0n) is 9.89. The Labute approximate surface area is 99.3 Å². The Balaban J connectivity index is 2.20. The molecule has 1 heterocycles. The van der Waals surface area contributed by atoms with Crippen LogP contribution < -0.4 is 5.73 Å². The zero-order valence-corrected chi connectivity index (χ0v) is 9.89. The number of aryl methyl sites for hydroxylation is 2. The summed E-state index contributed by atoms with van der Waals surface area (Å²) in [6.07, 6.45) is 2.09. The molecule has 2 N–H and O–H groups in total. The van der Waals surface area contributed by atoms with Gasteiger partial charge in [-0.2, -0.15) is 5.10 Å². The van der Waals surface area contributed by atoms with Crippen molar-refractivity contribution in [3.8, 4) is 0 Å². The highest BCUT2D eigenvalue weighted by Gasteiger charge is 2.13. The van der Waals surface area contributed by atoms with Gasteiger partial charge in [0, 0.05) is 19.5 Å². The van der Waals surface area contributed by atoms with E-state index in [0.29, 0.717) is 6.42 Å². The van der Waals surface area contributed by atoms with Crippen LogP contribution in [0.15, 0.2) is 24.5 Å². The summed E-state index contributed by atoms with van der Waals surface area (Å²) in [4.78, 5) is 4.13. The van der Waals surface area contributed by atoms with E-state index < -0.39 is 0 Å². The average molecular weight is 234 g/mol. The molecule has 0 aliphatic carbocycles. The van der Waals surface area contributed by atoms with Crippen LogP contribution in [0.1, 0.15) is 23.0 Å². The minimum Gasteiger partial charge on any atom is -0.324 e. The number of nitrogens with two attached hydrogens (primary N) is 1. The van der Waals surface area contributed by atoms with E-state index in [-0.39, 0.29) is 11.9 Å². The lowest BCUT2D eigenvalue weighted by Gasteiger charge is -2.14. The van der Waals surface area contributed by atoms with Crippen LogP contribution in [-0.4, -0.2) is 14.8 Å². The van der Waals surface area contributed by atoms with Crippen molar-refractivity contribution in [2.24, 2.45) is 12.8 Å². The molecule has 1 aromatic carbocycles. The van der Waals surface area contributed by atoms with E-state index in [1.165, 1.54) is 18.5 Å². The van der Waals surface area contributed by atoms with E-state index in [1.54, 1.807) is 10.7 Å². The summed E-state index contributed by atoms with van der Waals surface area (Å²) in [6, 6.07) is 4.45. The van der Waals surface area contributed by atoms with Crippen LogP contribution in [0.25, 0.3) is 0 Å². The third-order valence-corrected chi connectivity index (χ3v) is 2.84. The monoisotopic (exact) mass is 234 g/mol. The molecule has 17 heavy (non-hydrogen) atoms. The molecule has 4 nitrogen and oxygen atoms in total. The van der Waals surface area contributed by atoms with Crippen molar-refractivity contribution in [2.45, 2.75) is 19.4 Å². The molecule has 0 amide bonds. The molecule has 1 unspecified atom stereocenters. The van der Waals surface area contributed by atoms with Crippen molar-refractivity contribution in [3.63, 3.8) is 0 Å². The Morgan fingerprint density at radius 3 is 2.82 bits per heavy atom. The topological polar surface area (TPSA) is 56.7 Å².